The van der Waals surface area contributed by atoms with E-state index < -0.39 is 12.0 Å². The minimum atomic E-state index is -0.929. The van der Waals surface area contributed by atoms with E-state index in [1.165, 1.54) is 7.11 Å². The molecule has 18 heavy (non-hydrogen) atoms. The first-order valence-electron chi connectivity index (χ1n) is 5.54. The number of hydrogen-bond donors (Lipinski definition) is 1. The Bertz CT molecular complexity index is 472. The summed E-state index contributed by atoms with van der Waals surface area (Å²) in [6.45, 7) is 3.68. The van der Waals surface area contributed by atoms with Gasteiger partial charge in [0.2, 0.25) is 0 Å². The maximum absolute atomic E-state index is 11.4. The molecule has 1 aromatic rings. The topological polar surface area (TPSA) is 49.8 Å². The van der Waals surface area contributed by atoms with Crippen LogP contribution in [0.1, 0.15) is 22.7 Å². The van der Waals surface area contributed by atoms with Crippen LogP contribution in [0.5, 0.6) is 5.75 Å². The summed E-state index contributed by atoms with van der Waals surface area (Å²) in [7, 11) is 4.96. The number of ether oxygens (including phenoxy) is 1. The Morgan fingerprint density at radius 2 is 2.00 bits per heavy atom. The molecule has 0 aliphatic rings. The Kier molecular flexibility index (Phi) is 4.59. The zero-order valence-corrected chi connectivity index (χ0v) is 12.0. The van der Waals surface area contributed by atoms with Gasteiger partial charge in [-0.3, -0.25) is 9.69 Å². The highest BCUT2D eigenvalue weighted by molar-refractivity contribution is 6.32. The minimum absolute atomic E-state index is 0.551. The fourth-order valence-electron chi connectivity index (χ4n) is 2.05. The summed E-state index contributed by atoms with van der Waals surface area (Å²) in [5, 5.41) is 9.94. The quantitative estimate of drug-likeness (QED) is 0.915. The molecule has 0 aliphatic heterocycles. The molecule has 0 spiro atoms. The van der Waals surface area contributed by atoms with Gasteiger partial charge in [-0.05, 0) is 45.1 Å². The Labute approximate surface area is 112 Å². The van der Waals surface area contributed by atoms with Crippen molar-refractivity contribution in [1.29, 1.82) is 0 Å². The van der Waals surface area contributed by atoms with E-state index in [0.29, 0.717) is 16.3 Å². The van der Waals surface area contributed by atoms with Crippen LogP contribution in [-0.2, 0) is 4.79 Å². The van der Waals surface area contributed by atoms with Gasteiger partial charge in [-0.2, -0.15) is 0 Å². The van der Waals surface area contributed by atoms with E-state index >= 15 is 0 Å². The van der Waals surface area contributed by atoms with Gasteiger partial charge in [-0.1, -0.05) is 11.6 Å². The van der Waals surface area contributed by atoms with Gasteiger partial charge in [0.05, 0.1) is 7.11 Å². The number of carboxylic acids is 1. The van der Waals surface area contributed by atoms with Crippen molar-refractivity contribution in [2.75, 3.05) is 21.2 Å². The monoisotopic (exact) mass is 271 g/mol. The second kappa shape index (κ2) is 5.59. The molecule has 0 heterocycles. The molecule has 1 unspecified atom stereocenters. The van der Waals surface area contributed by atoms with Crippen molar-refractivity contribution in [2.24, 2.45) is 0 Å². The van der Waals surface area contributed by atoms with Gasteiger partial charge in [-0.15, -0.1) is 0 Å². The molecule has 1 N–H and O–H groups in total. The second-order valence-corrected chi connectivity index (χ2v) is 4.83. The van der Waals surface area contributed by atoms with E-state index in [2.05, 4.69) is 0 Å². The van der Waals surface area contributed by atoms with E-state index in [1.807, 2.05) is 13.8 Å². The number of benzene rings is 1. The largest absolute Gasteiger partial charge is 0.496 e. The first-order chi connectivity index (χ1) is 8.31. The van der Waals surface area contributed by atoms with E-state index in [4.69, 9.17) is 16.3 Å². The molecule has 0 bridgehead atoms. The molecule has 0 saturated carbocycles. The van der Waals surface area contributed by atoms with Crippen molar-refractivity contribution in [1.82, 2.24) is 4.90 Å². The molecule has 0 amide bonds. The number of hydrogen-bond acceptors (Lipinski definition) is 3. The zero-order chi connectivity index (χ0) is 14.0. The number of likely N-dealkylation sites (N-methyl/N-ethyl adjacent to an activating group) is 1. The average Bonchev–Trinajstić information content (AvgIpc) is 2.28. The zero-order valence-electron chi connectivity index (χ0n) is 11.2. The normalized spacial score (nSPS) is 12.6. The smallest absolute Gasteiger partial charge is 0.325 e. The van der Waals surface area contributed by atoms with Gasteiger partial charge in [0.1, 0.15) is 11.8 Å². The fraction of sp³-hybridized carbons (Fsp3) is 0.462. The Morgan fingerprint density at radius 3 is 2.39 bits per heavy atom. The van der Waals surface area contributed by atoms with Crippen LogP contribution in [0, 0.1) is 13.8 Å². The van der Waals surface area contributed by atoms with Crippen LogP contribution in [0.25, 0.3) is 0 Å². The summed E-state index contributed by atoms with van der Waals surface area (Å²) >= 11 is 6.20. The van der Waals surface area contributed by atoms with Crippen molar-refractivity contribution in [2.45, 2.75) is 19.9 Å². The molecular weight excluding hydrogens is 254 g/mol. The van der Waals surface area contributed by atoms with Crippen LogP contribution < -0.4 is 4.74 Å². The molecule has 0 radical (unpaired) electrons. The first kappa shape index (κ1) is 14.8. The maximum atomic E-state index is 11.4. The summed E-state index contributed by atoms with van der Waals surface area (Å²) in [6.07, 6.45) is 0. The summed E-state index contributed by atoms with van der Waals surface area (Å²) in [5.74, 6) is -0.378. The van der Waals surface area contributed by atoms with Crippen LogP contribution in [0.2, 0.25) is 5.02 Å². The predicted molar refractivity (Wildman–Crippen MR) is 71.5 cm³/mol. The van der Waals surface area contributed by atoms with Gasteiger partial charge in [0.25, 0.3) is 0 Å². The average molecular weight is 272 g/mol. The molecule has 4 nitrogen and oxygen atoms in total. The highest BCUT2D eigenvalue weighted by Gasteiger charge is 2.28. The third kappa shape index (κ3) is 2.60. The van der Waals surface area contributed by atoms with E-state index in [1.54, 1.807) is 25.1 Å². The molecule has 0 aliphatic carbocycles. The van der Waals surface area contributed by atoms with Crippen molar-refractivity contribution in [3.63, 3.8) is 0 Å². The van der Waals surface area contributed by atoms with Crippen molar-refractivity contribution >= 4 is 17.6 Å². The van der Waals surface area contributed by atoms with Gasteiger partial charge in [-0.25, -0.2) is 0 Å². The summed E-state index contributed by atoms with van der Waals surface area (Å²) in [4.78, 5) is 13.0. The highest BCUT2D eigenvalue weighted by atomic mass is 35.5. The number of rotatable bonds is 4. The molecule has 100 valence electrons. The SMILES string of the molecule is COc1cc(C)c(Cl)c(C)c1C(C(=O)O)N(C)C. The lowest BCUT2D eigenvalue weighted by molar-refractivity contribution is -0.142. The van der Waals surface area contributed by atoms with Crippen LogP contribution in [0.4, 0.5) is 0 Å². The standard InChI is InChI=1S/C13H18ClNO3/c1-7-6-9(18-5)10(8(2)11(7)14)12(13(16)17)15(3)4/h6,12H,1-5H3,(H,16,17). The van der Waals surface area contributed by atoms with Crippen LogP contribution in [0.3, 0.4) is 0 Å². The molecule has 1 aromatic carbocycles. The van der Waals surface area contributed by atoms with Gasteiger partial charge in [0.15, 0.2) is 0 Å². The first-order valence-corrected chi connectivity index (χ1v) is 5.91. The number of aliphatic carboxylic acids is 1. The lowest BCUT2D eigenvalue weighted by Gasteiger charge is -2.25. The molecule has 1 rings (SSSR count). The van der Waals surface area contributed by atoms with Gasteiger partial charge < -0.3 is 9.84 Å². The number of nitrogens with zero attached hydrogens (tertiary/aromatic N) is 1. The van der Waals surface area contributed by atoms with Crippen molar-refractivity contribution < 1.29 is 14.6 Å². The summed E-state index contributed by atoms with van der Waals surface area (Å²) in [6, 6.07) is 0.988. The Morgan fingerprint density at radius 1 is 1.44 bits per heavy atom. The number of methoxy groups -OCH3 is 1. The molecule has 0 fully saturated rings. The van der Waals surface area contributed by atoms with Crippen molar-refractivity contribution in [3.8, 4) is 5.75 Å². The maximum Gasteiger partial charge on any atom is 0.325 e. The minimum Gasteiger partial charge on any atom is -0.496 e. The fourth-order valence-corrected chi connectivity index (χ4v) is 2.20. The Balaban J connectivity index is 3.55. The van der Waals surface area contributed by atoms with Crippen LogP contribution >= 0.6 is 11.6 Å². The summed E-state index contributed by atoms with van der Waals surface area (Å²) in [5.41, 5.74) is 2.22. The summed E-state index contributed by atoms with van der Waals surface area (Å²) < 4.78 is 5.29. The van der Waals surface area contributed by atoms with Gasteiger partial charge in [0, 0.05) is 10.6 Å². The lowest BCUT2D eigenvalue weighted by atomic mass is 9.97. The highest BCUT2D eigenvalue weighted by Crippen LogP contribution is 2.37. The number of halogens is 1. The predicted octanol–water partition coefficient (Wildman–Crippen LogP) is 2.65. The number of aryl methyl sites for hydroxylation is 1. The molecule has 1 atom stereocenters. The van der Waals surface area contributed by atoms with E-state index in [9.17, 15) is 9.90 Å². The number of carbonyl (C=O) groups is 1. The third-order valence-corrected chi connectivity index (χ3v) is 3.52. The Hall–Kier alpha value is -1.26. The molecule has 5 heteroatoms. The lowest BCUT2D eigenvalue weighted by Crippen LogP contribution is -2.28. The van der Waals surface area contributed by atoms with E-state index in [0.717, 1.165) is 11.1 Å². The molecule has 0 saturated heterocycles. The number of carboxylic acid groups (broad SMARTS) is 1. The van der Waals surface area contributed by atoms with E-state index in [-0.39, 0.29) is 0 Å². The second-order valence-electron chi connectivity index (χ2n) is 4.45. The van der Waals surface area contributed by atoms with Crippen molar-refractivity contribution in [3.05, 3.63) is 27.8 Å². The third-order valence-electron chi connectivity index (χ3n) is 2.94. The molecular formula is C13H18ClNO3. The van der Waals surface area contributed by atoms with Gasteiger partial charge >= 0.3 is 5.97 Å². The van der Waals surface area contributed by atoms with Crippen LogP contribution in [0.15, 0.2) is 6.07 Å². The van der Waals surface area contributed by atoms with Crippen LogP contribution in [-0.4, -0.2) is 37.2 Å². The molecule has 0 aromatic heterocycles.